The quantitative estimate of drug-likeness (QED) is 0.459. The molecule has 2 aromatic carbocycles. The van der Waals surface area contributed by atoms with E-state index >= 15 is 0 Å². The third-order valence-corrected chi connectivity index (χ3v) is 4.12. The molecule has 3 N–H and O–H groups in total. The van der Waals surface area contributed by atoms with Crippen molar-refractivity contribution in [1.29, 1.82) is 0 Å². The molecule has 0 bridgehead atoms. The molecule has 0 aliphatic rings. The van der Waals surface area contributed by atoms with Crippen LogP contribution in [-0.2, 0) is 0 Å². The highest BCUT2D eigenvalue weighted by molar-refractivity contribution is 14.1. The average Bonchev–Trinajstić information content (AvgIpc) is 2.49. The van der Waals surface area contributed by atoms with Gasteiger partial charge in [-0.05, 0) is 58.0 Å². The van der Waals surface area contributed by atoms with Crippen molar-refractivity contribution in [2.24, 2.45) is 5.84 Å². The summed E-state index contributed by atoms with van der Waals surface area (Å²) in [5, 5.41) is 0. The van der Waals surface area contributed by atoms with Gasteiger partial charge in [0.15, 0.2) is 11.5 Å². The summed E-state index contributed by atoms with van der Waals surface area (Å²) in [6.45, 7) is 0. The average molecular weight is 402 g/mol. The Bertz CT molecular complexity index is 637. The Morgan fingerprint density at radius 1 is 1.10 bits per heavy atom. The number of rotatable bonds is 5. The van der Waals surface area contributed by atoms with Gasteiger partial charge in [-0.3, -0.25) is 5.84 Å². The Balaban J connectivity index is 2.46. The maximum atomic E-state index is 13.2. The first kappa shape index (κ1) is 16.0. The molecule has 0 amide bonds. The standard InChI is InChI=1S/C15H16FIN2O2/c1-20-13-6-3-9(7-14(13)21-2)15(19-18)11-5-4-10(16)8-12(11)17/h3-8,15,19H,18H2,1-2H3. The summed E-state index contributed by atoms with van der Waals surface area (Å²) < 4.78 is 24.6. The lowest BCUT2D eigenvalue weighted by molar-refractivity contribution is 0.354. The van der Waals surface area contributed by atoms with E-state index in [-0.39, 0.29) is 11.9 Å². The number of nitrogens with one attached hydrogen (secondary N) is 1. The van der Waals surface area contributed by atoms with Crippen LogP contribution < -0.4 is 20.7 Å². The first-order chi connectivity index (χ1) is 10.1. The van der Waals surface area contributed by atoms with E-state index < -0.39 is 0 Å². The molecule has 0 aliphatic heterocycles. The molecule has 0 saturated carbocycles. The normalized spacial score (nSPS) is 12.0. The molecule has 6 heteroatoms. The van der Waals surface area contributed by atoms with Gasteiger partial charge in [-0.2, -0.15) is 0 Å². The van der Waals surface area contributed by atoms with E-state index in [9.17, 15) is 4.39 Å². The second-order valence-corrected chi connectivity index (χ2v) is 5.54. The summed E-state index contributed by atoms with van der Waals surface area (Å²) in [7, 11) is 3.16. The summed E-state index contributed by atoms with van der Waals surface area (Å²) in [4.78, 5) is 0. The summed E-state index contributed by atoms with van der Waals surface area (Å²) >= 11 is 2.09. The van der Waals surface area contributed by atoms with Crippen LogP contribution in [0.25, 0.3) is 0 Å². The fraction of sp³-hybridized carbons (Fsp3) is 0.200. The Labute approximate surface area is 136 Å². The Hall–Kier alpha value is -1.38. The molecule has 0 aromatic heterocycles. The second kappa shape index (κ2) is 7.06. The van der Waals surface area contributed by atoms with E-state index in [2.05, 4.69) is 28.0 Å². The molecule has 0 aliphatic carbocycles. The molecule has 0 saturated heterocycles. The molecular weight excluding hydrogens is 386 g/mol. The van der Waals surface area contributed by atoms with E-state index in [4.69, 9.17) is 15.3 Å². The van der Waals surface area contributed by atoms with E-state index in [0.717, 1.165) is 14.7 Å². The molecular formula is C15H16FIN2O2. The van der Waals surface area contributed by atoms with Crippen LogP contribution in [0.5, 0.6) is 11.5 Å². The van der Waals surface area contributed by atoms with Gasteiger partial charge in [0.05, 0.1) is 20.3 Å². The van der Waals surface area contributed by atoms with Crippen molar-refractivity contribution >= 4 is 22.6 Å². The summed E-state index contributed by atoms with van der Waals surface area (Å²) in [6.07, 6.45) is 0. The number of halogens is 2. The molecule has 21 heavy (non-hydrogen) atoms. The van der Waals surface area contributed by atoms with Crippen molar-refractivity contribution in [1.82, 2.24) is 5.43 Å². The summed E-state index contributed by atoms with van der Waals surface area (Å²) in [5.41, 5.74) is 4.56. The monoisotopic (exact) mass is 402 g/mol. The van der Waals surface area contributed by atoms with Gasteiger partial charge in [0, 0.05) is 3.57 Å². The van der Waals surface area contributed by atoms with Crippen molar-refractivity contribution in [3.63, 3.8) is 0 Å². The van der Waals surface area contributed by atoms with Gasteiger partial charge < -0.3 is 9.47 Å². The smallest absolute Gasteiger partial charge is 0.161 e. The van der Waals surface area contributed by atoms with Crippen molar-refractivity contribution < 1.29 is 13.9 Å². The molecule has 0 heterocycles. The van der Waals surface area contributed by atoms with Crippen LogP contribution in [0.4, 0.5) is 4.39 Å². The van der Waals surface area contributed by atoms with Crippen molar-refractivity contribution in [3.05, 3.63) is 56.9 Å². The van der Waals surface area contributed by atoms with Crippen LogP contribution in [0.3, 0.4) is 0 Å². The van der Waals surface area contributed by atoms with Crippen molar-refractivity contribution in [2.45, 2.75) is 6.04 Å². The fourth-order valence-electron chi connectivity index (χ4n) is 2.13. The lowest BCUT2D eigenvalue weighted by Gasteiger charge is -2.20. The van der Waals surface area contributed by atoms with Gasteiger partial charge in [0.1, 0.15) is 5.82 Å². The zero-order chi connectivity index (χ0) is 15.4. The minimum Gasteiger partial charge on any atom is -0.493 e. The number of hydrazine groups is 1. The maximum Gasteiger partial charge on any atom is 0.161 e. The SMILES string of the molecule is COc1ccc(C(NN)c2ccc(F)cc2I)cc1OC. The van der Waals surface area contributed by atoms with Crippen LogP contribution in [0.1, 0.15) is 17.2 Å². The molecule has 1 unspecified atom stereocenters. The minimum absolute atomic E-state index is 0.266. The van der Waals surface area contributed by atoms with E-state index in [1.807, 2.05) is 18.2 Å². The molecule has 112 valence electrons. The predicted molar refractivity (Wildman–Crippen MR) is 87.8 cm³/mol. The lowest BCUT2D eigenvalue weighted by Crippen LogP contribution is -2.29. The molecule has 0 radical (unpaired) electrons. The largest absolute Gasteiger partial charge is 0.493 e. The highest BCUT2D eigenvalue weighted by Crippen LogP contribution is 2.33. The molecule has 1 atom stereocenters. The first-order valence-electron chi connectivity index (χ1n) is 6.23. The third kappa shape index (κ3) is 3.45. The van der Waals surface area contributed by atoms with Crippen LogP contribution in [0.15, 0.2) is 36.4 Å². The van der Waals surface area contributed by atoms with Crippen molar-refractivity contribution in [2.75, 3.05) is 14.2 Å². The number of methoxy groups -OCH3 is 2. The number of nitrogens with two attached hydrogens (primary N) is 1. The van der Waals surface area contributed by atoms with Crippen molar-refractivity contribution in [3.8, 4) is 11.5 Å². The van der Waals surface area contributed by atoms with E-state index in [1.54, 1.807) is 20.3 Å². The van der Waals surface area contributed by atoms with Crippen LogP contribution in [0.2, 0.25) is 0 Å². The van der Waals surface area contributed by atoms with Gasteiger partial charge >= 0.3 is 0 Å². The Kier molecular flexibility index (Phi) is 5.38. The zero-order valence-electron chi connectivity index (χ0n) is 11.7. The molecule has 2 rings (SSSR count). The number of ether oxygens (including phenoxy) is 2. The van der Waals surface area contributed by atoms with E-state index in [0.29, 0.717) is 11.5 Å². The van der Waals surface area contributed by atoms with Gasteiger partial charge in [0.25, 0.3) is 0 Å². The van der Waals surface area contributed by atoms with Gasteiger partial charge in [0.2, 0.25) is 0 Å². The van der Waals surface area contributed by atoms with Crippen LogP contribution in [-0.4, -0.2) is 14.2 Å². The maximum absolute atomic E-state index is 13.2. The number of benzene rings is 2. The number of hydrogen-bond donors (Lipinski definition) is 2. The topological polar surface area (TPSA) is 56.5 Å². The van der Waals surface area contributed by atoms with Crippen LogP contribution in [0, 0.1) is 9.39 Å². The summed E-state index contributed by atoms with van der Waals surface area (Å²) in [5.74, 6) is 6.68. The minimum atomic E-state index is -0.272. The summed E-state index contributed by atoms with van der Waals surface area (Å²) in [6, 6.07) is 9.91. The lowest BCUT2D eigenvalue weighted by atomic mass is 9.99. The highest BCUT2D eigenvalue weighted by atomic mass is 127. The highest BCUT2D eigenvalue weighted by Gasteiger charge is 2.17. The fourth-order valence-corrected chi connectivity index (χ4v) is 2.92. The molecule has 2 aromatic rings. The second-order valence-electron chi connectivity index (χ2n) is 4.38. The molecule has 0 spiro atoms. The van der Waals surface area contributed by atoms with Gasteiger partial charge in [-0.15, -0.1) is 0 Å². The third-order valence-electron chi connectivity index (χ3n) is 3.18. The molecule has 4 nitrogen and oxygen atoms in total. The first-order valence-corrected chi connectivity index (χ1v) is 7.31. The Morgan fingerprint density at radius 2 is 1.81 bits per heavy atom. The van der Waals surface area contributed by atoms with Crippen LogP contribution >= 0.6 is 22.6 Å². The number of hydrogen-bond acceptors (Lipinski definition) is 4. The Morgan fingerprint density at radius 3 is 2.38 bits per heavy atom. The zero-order valence-corrected chi connectivity index (χ0v) is 13.8. The van der Waals surface area contributed by atoms with E-state index in [1.165, 1.54) is 12.1 Å². The molecule has 0 fully saturated rings. The van der Waals surface area contributed by atoms with Gasteiger partial charge in [-0.25, -0.2) is 9.82 Å². The predicted octanol–water partition coefficient (Wildman–Crippen LogP) is 3.00. The van der Waals surface area contributed by atoms with Gasteiger partial charge in [-0.1, -0.05) is 12.1 Å².